The summed E-state index contributed by atoms with van der Waals surface area (Å²) in [5.74, 6) is 0.938. The van der Waals surface area contributed by atoms with E-state index in [0.29, 0.717) is 30.1 Å². The standard InChI is InChI=1S/C44H48N6O4/c1-2-36(31-6-4-3-5-7-31)42(33-10-14-35(51)15-11-33)32-8-12-34(13-9-32)48-22-20-30(21-23-48)28-47-24-26-49(27-25-47)40-18-16-37-38(45-40)29-50(44(37)54)39-17-19-41(52)46-43(39)53/h3-16,18,30,39,51H,2,17,19-29H2,1H3,(H,46,52,53). The number of allylic oxidation sites excluding steroid dienone is 1. The minimum Gasteiger partial charge on any atom is -0.508 e. The Balaban J connectivity index is 0.851. The number of rotatable bonds is 9. The number of pyridine rings is 1. The van der Waals surface area contributed by atoms with Crippen LogP contribution in [0.15, 0.2) is 91.0 Å². The highest BCUT2D eigenvalue weighted by molar-refractivity contribution is 6.05. The molecule has 3 fully saturated rings. The summed E-state index contributed by atoms with van der Waals surface area (Å²) in [5, 5.41) is 12.4. The monoisotopic (exact) mass is 724 g/mol. The predicted molar refractivity (Wildman–Crippen MR) is 211 cm³/mol. The molecular formula is C44H48N6O4. The van der Waals surface area contributed by atoms with Gasteiger partial charge in [0.2, 0.25) is 11.8 Å². The lowest BCUT2D eigenvalue weighted by molar-refractivity contribution is -0.136. The second-order valence-electron chi connectivity index (χ2n) is 14.9. The van der Waals surface area contributed by atoms with Gasteiger partial charge in [-0.15, -0.1) is 0 Å². The van der Waals surface area contributed by atoms with Crippen LogP contribution in [0.5, 0.6) is 5.75 Å². The summed E-state index contributed by atoms with van der Waals surface area (Å²) in [6, 6.07) is 30.3. The number of piperidine rings is 2. The molecule has 1 unspecified atom stereocenters. The van der Waals surface area contributed by atoms with Gasteiger partial charge >= 0.3 is 0 Å². The van der Waals surface area contributed by atoms with Gasteiger partial charge in [0.25, 0.3) is 5.91 Å². The maximum Gasteiger partial charge on any atom is 0.256 e. The highest BCUT2D eigenvalue weighted by Crippen LogP contribution is 2.36. The van der Waals surface area contributed by atoms with Crippen LogP contribution in [0.25, 0.3) is 11.1 Å². The number of aromatic hydroxyl groups is 1. The Morgan fingerprint density at radius 3 is 2.11 bits per heavy atom. The molecule has 10 heteroatoms. The van der Waals surface area contributed by atoms with Crippen LogP contribution in [0, 0.1) is 5.92 Å². The topological polar surface area (TPSA) is 109 Å². The molecule has 2 N–H and O–H groups in total. The predicted octanol–water partition coefficient (Wildman–Crippen LogP) is 5.96. The molecule has 0 spiro atoms. The SMILES string of the molecule is CCC(=C(c1ccc(O)cc1)c1ccc(N2CCC(CN3CCN(c4ccc5c(n4)CN(C4CCC(=O)NC4=O)C5=O)CC3)CC2)cc1)c1ccccc1. The number of benzene rings is 3. The van der Waals surface area contributed by atoms with E-state index in [-0.39, 0.29) is 24.0 Å². The molecule has 10 nitrogen and oxygen atoms in total. The second kappa shape index (κ2) is 15.5. The molecule has 278 valence electrons. The van der Waals surface area contributed by atoms with Crippen LogP contribution in [-0.4, -0.2) is 89.5 Å². The Labute approximate surface area is 317 Å². The first-order chi connectivity index (χ1) is 26.3. The summed E-state index contributed by atoms with van der Waals surface area (Å²) in [6.07, 6.45) is 3.81. The minimum atomic E-state index is -0.629. The summed E-state index contributed by atoms with van der Waals surface area (Å²) >= 11 is 0. The molecule has 0 radical (unpaired) electrons. The third kappa shape index (κ3) is 7.35. The van der Waals surface area contributed by atoms with Crippen LogP contribution in [0.4, 0.5) is 11.5 Å². The number of nitrogens with zero attached hydrogens (tertiary/aromatic N) is 5. The zero-order valence-corrected chi connectivity index (χ0v) is 30.9. The normalized spacial score (nSPS) is 20.2. The van der Waals surface area contributed by atoms with Gasteiger partial charge in [0, 0.05) is 57.9 Å². The number of phenolic OH excluding ortho intramolecular Hbond substituents is 1. The Kier molecular flexibility index (Phi) is 10.2. The molecule has 4 aromatic rings. The van der Waals surface area contributed by atoms with Crippen LogP contribution in [0.3, 0.4) is 0 Å². The molecule has 0 saturated carbocycles. The first kappa shape index (κ1) is 35.5. The van der Waals surface area contributed by atoms with E-state index in [2.05, 4.69) is 81.5 Å². The van der Waals surface area contributed by atoms with E-state index in [9.17, 15) is 19.5 Å². The number of hydrogen-bond acceptors (Lipinski definition) is 8. The van der Waals surface area contributed by atoms with E-state index in [1.165, 1.54) is 40.8 Å². The van der Waals surface area contributed by atoms with Crippen LogP contribution < -0.4 is 15.1 Å². The number of carbonyl (C=O) groups excluding carboxylic acids is 3. The molecule has 4 aliphatic rings. The Bertz CT molecular complexity index is 2030. The van der Waals surface area contributed by atoms with Crippen molar-refractivity contribution in [3.05, 3.63) is 119 Å². The van der Waals surface area contributed by atoms with Gasteiger partial charge < -0.3 is 19.8 Å². The fraction of sp³-hybridized carbons (Fsp3) is 0.364. The highest BCUT2D eigenvalue weighted by atomic mass is 16.3. The number of phenols is 1. The Morgan fingerprint density at radius 2 is 1.44 bits per heavy atom. The third-order valence-electron chi connectivity index (χ3n) is 11.6. The summed E-state index contributed by atoms with van der Waals surface area (Å²) in [6.45, 7) is 9.40. The molecular weight excluding hydrogens is 677 g/mol. The minimum absolute atomic E-state index is 0.187. The maximum atomic E-state index is 13.1. The van der Waals surface area contributed by atoms with Gasteiger partial charge in [-0.2, -0.15) is 0 Å². The quantitative estimate of drug-likeness (QED) is 0.161. The van der Waals surface area contributed by atoms with E-state index < -0.39 is 11.9 Å². The lowest BCUT2D eigenvalue weighted by Crippen LogP contribution is -2.52. The lowest BCUT2D eigenvalue weighted by Gasteiger charge is -2.39. The van der Waals surface area contributed by atoms with Crippen molar-refractivity contribution in [2.45, 2.75) is 51.6 Å². The van der Waals surface area contributed by atoms with E-state index in [1.54, 1.807) is 17.0 Å². The van der Waals surface area contributed by atoms with Crippen molar-refractivity contribution >= 4 is 40.4 Å². The number of imide groups is 1. The number of fused-ring (bicyclic) bond motifs is 1. The van der Waals surface area contributed by atoms with Gasteiger partial charge in [0.05, 0.1) is 17.8 Å². The molecule has 54 heavy (non-hydrogen) atoms. The number of aromatic nitrogens is 1. The Morgan fingerprint density at radius 1 is 0.759 bits per heavy atom. The van der Waals surface area contributed by atoms with Crippen molar-refractivity contribution in [2.75, 3.05) is 55.6 Å². The van der Waals surface area contributed by atoms with Crippen LogP contribution in [0.2, 0.25) is 0 Å². The fourth-order valence-electron chi connectivity index (χ4n) is 8.65. The van der Waals surface area contributed by atoms with Gasteiger partial charge in [-0.1, -0.05) is 61.5 Å². The van der Waals surface area contributed by atoms with E-state index in [0.717, 1.165) is 63.6 Å². The number of hydrogen-bond donors (Lipinski definition) is 2. The molecule has 3 aromatic carbocycles. The van der Waals surface area contributed by atoms with E-state index in [4.69, 9.17) is 4.98 Å². The lowest BCUT2D eigenvalue weighted by atomic mass is 9.88. The third-order valence-corrected chi connectivity index (χ3v) is 11.6. The Hall–Kier alpha value is -5.48. The van der Waals surface area contributed by atoms with Crippen LogP contribution in [0.1, 0.15) is 71.8 Å². The molecule has 8 rings (SSSR count). The van der Waals surface area contributed by atoms with Gasteiger partial charge in [-0.05, 0) is 95.8 Å². The van der Waals surface area contributed by atoms with E-state index in [1.807, 2.05) is 24.3 Å². The number of nitrogens with one attached hydrogen (secondary N) is 1. The van der Waals surface area contributed by atoms with Crippen molar-refractivity contribution in [3.8, 4) is 5.75 Å². The molecule has 1 aromatic heterocycles. The van der Waals surface area contributed by atoms with Gasteiger partial charge in [-0.25, -0.2) is 4.98 Å². The molecule has 3 amide bonds. The van der Waals surface area contributed by atoms with Crippen LogP contribution >= 0.6 is 0 Å². The average Bonchev–Trinajstić information content (AvgIpc) is 3.53. The maximum absolute atomic E-state index is 13.1. The van der Waals surface area contributed by atoms with Gasteiger partial charge in [0.15, 0.2) is 0 Å². The second-order valence-corrected chi connectivity index (χ2v) is 14.9. The van der Waals surface area contributed by atoms with Crippen LogP contribution in [-0.2, 0) is 16.1 Å². The molecule has 4 aliphatic heterocycles. The molecule has 1 atom stereocenters. The summed E-state index contributed by atoms with van der Waals surface area (Å²) < 4.78 is 0. The average molecular weight is 725 g/mol. The smallest absolute Gasteiger partial charge is 0.256 e. The fourth-order valence-corrected chi connectivity index (χ4v) is 8.65. The van der Waals surface area contributed by atoms with Crippen molar-refractivity contribution in [2.24, 2.45) is 5.92 Å². The first-order valence-electron chi connectivity index (χ1n) is 19.4. The summed E-state index contributed by atoms with van der Waals surface area (Å²) in [5.41, 5.74) is 8.50. The number of carbonyl (C=O) groups is 3. The summed E-state index contributed by atoms with van der Waals surface area (Å²) in [7, 11) is 0. The largest absolute Gasteiger partial charge is 0.508 e. The summed E-state index contributed by atoms with van der Waals surface area (Å²) in [4.78, 5) is 51.0. The van der Waals surface area contributed by atoms with E-state index >= 15 is 0 Å². The number of amides is 3. The van der Waals surface area contributed by atoms with Crippen molar-refractivity contribution in [3.63, 3.8) is 0 Å². The first-order valence-corrected chi connectivity index (χ1v) is 19.4. The van der Waals surface area contributed by atoms with Crippen molar-refractivity contribution in [1.82, 2.24) is 20.1 Å². The zero-order chi connectivity index (χ0) is 37.2. The van der Waals surface area contributed by atoms with Crippen molar-refractivity contribution < 1.29 is 19.5 Å². The van der Waals surface area contributed by atoms with Crippen molar-refractivity contribution in [1.29, 1.82) is 0 Å². The van der Waals surface area contributed by atoms with Gasteiger partial charge in [0.1, 0.15) is 17.6 Å². The molecule has 0 aliphatic carbocycles. The van der Waals surface area contributed by atoms with Gasteiger partial charge in [-0.3, -0.25) is 24.6 Å². The zero-order valence-electron chi connectivity index (χ0n) is 30.9. The molecule has 0 bridgehead atoms. The number of anilines is 2. The number of piperazine rings is 1. The highest BCUT2D eigenvalue weighted by Gasteiger charge is 2.40. The molecule has 5 heterocycles. The molecule has 3 saturated heterocycles.